The lowest BCUT2D eigenvalue weighted by Gasteiger charge is -2.30. The van der Waals surface area contributed by atoms with Gasteiger partial charge in [-0.1, -0.05) is 17.7 Å². The quantitative estimate of drug-likeness (QED) is 0.305. The van der Waals surface area contributed by atoms with Crippen molar-refractivity contribution in [2.75, 3.05) is 25.6 Å². The zero-order chi connectivity index (χ0) is 28.2. The topological polar surface area (TPSA) is 168 Å². The predicted molar refractivity (Wildman–Crippen MR) is 134 cm³/mol. The first-order valence-electron chi connectivity index (χ1n) is 12.3. The predicted octanol–water partition coefficient (Wildman–Crippen LogP) is 4.09. The van der Waals surface area contributed by atoms with E-state index in [1.165, 1.54) is 23.0 Å². The Morgan fingerprint density at radius 1 is 1.35 bits per heavy atom. The number of anilines is 1. The second-order valence-corrected chi connectivity index (χ2v) is 11.4. The molecule has 0 bridgehead atoms. The lowest BCUT2D eigenvalue weighted by molar-refractivity contribution is -0.0926. The number of halogens is 2. The van der Waals surface area contributed by atoms with Gasteiger partial charge in [0.05, 0.1) is 32.3 Å². The van der Waals surface area contributed by atoms with Crippen LogP contribution in [0.3, 0.4) is 0 Å². The summed E-state index contributed by atoms with van der Waals surface area (Å²) in [5, 5.41) is 0.214. The number of nitrogens with two attached hydrogens (primary N) is 1. The highest BCUT2D eigenvalue weighted by atomic mass is 35.5. The Balaban J connectivity index is 1.24. The van der Waals surface area contributed by atoms with Gasteiger partial charge in [0.15, 0.2) is 29.1 Å². The molecule has 0 saturated carbocycles. The Bertz CT molecular complexity index is 1530. The van der Waals surface area contributed by atoms with Gasteiger partial charge in [0.25, 0.3) is 0 Å². The molecule has 6 atom stereocenters. The number of rotatable bonds is 7. The van der Waals surface area contributed by atoms with Gasteiger partial charge in [0.2, 0.25) is 11.8 Å². The summed E-state index contributed by atoms with van der Waals surface area (Å²) >= 11 is 5.84. The Kier molecular flexibility index (Phi) is 6.84. The number of carbonyl (C=O) groups is 1. The van der Waals surface area contributed by atoms with E-state index in [0.717, 1.165) is 6.07 Å². The molecule has 0 spiro atoms. The van der Waals surface area contributed by atoms with E-state index in [0.29, 0.717) is 12.1 Å². The summed E-state index contributed by atoms with van der Waals surface area (Å²) in [4.78, 5) is 24.9. The van der Waals surface area contributed by atoms with Crippen molar-refractivity contribution in [3.63, 3.8) is 0 Å². The molecule has 0 aliphatic carbocycles. The second kappa shape index (κ2) is 10.1. The normalized spacial score (nSPS) is 31.6. The van der Waals surface area contributed by atoms with E-state index in [1.807, 2.05) is 0 Å². The van der Waals surface area contributed by atoms with E-state index in [9.17, 15) is 13.8 Å². The smallest absolute Gasteiger partial charge is 0.476 e. The van der Waals surface area contributed by atoms with Gasteiger partial charge >= 0.3 is 14.0 Å². The first kappa shape index (κ1) is 27.1. The molecule has 0 unspecified atom stereocenters. The number of phosphoric acid groups is 1. The van der Waals surface area contributed by atoms with E-state index >= 15 is 0 Å². The SMILES string of the molecule is CCOc1nc(N)nc2c1ncn2[C@@H]1O[C@H](CO[P@]2(=O)OCC[C@H](c3ccc(Cl)cc3F)O2)[C@H]2OC(=O)O[C@]21C. The van der Waals surface area contributed by atoms with Crippen LogP contribution in [0.1, 0.15) is 38.2 Å². The Labute approximate surface area is 231 Å². The highest BCUT2D eigenvalue weighted by molar-refractivity contribution is 7.48. The van der Waals surface area contributed by atoms with Crippen LogP contribution in [0.5, 0.6) is 5.88 Å². The number of imidazole rings is 1. The number of benzene rings is 1. The zero-order valence-electron chi connectivity index (χ0n) is 21.2. The van der Waals surface area contributed by atoms with Gasteiger partial charge in [-0.25, -0.2) is 18.7 Å². The molecule has 6 rings (SSSR count). The number of ether oxygens (including phenoxy) is 4. The van der Waals surface area contributed by atoms with Crippen LogP contribution in [0.15, 0.2) is 24.5 Å². The van der Waals surface area contributed by atoms with E-state index < -0.39 is 49.9 Å². The standard InChI is InChI=1S/C23H24ClFN5O9P/c1-3-33-19-16-18(28-21(26)29-19)30(10-27-16)20-23(2)17(37-22(31)38-23)15(36-20)9-35-40(32)34-7-6-14(39-40)12-5-4-11(24)8-13(12)25/h4-5,8,10,14-15,17,20H,3,6-7,9H2,1-2H3,(H2,26,28,29)/t14-,15-,17-,20-,23-,40+/m1/s1. The molecule has 1 aromatic carbocycles. The molecule has 3 aromatic rings. The summed E-state index contributed by atoms with van der Waals surface area (Å²) in [6.07, 6.45) is -3.11. The van der Waals surface area contributed by atoms with E-state index in [-0.39, 0.29) is 47.7 Å². The van der Waals surface area contributed by atoms with Crippen molar-refractivity contribution in [1.82, 2.24) is 19.5 Å². The number of phosphoric ester groups is 1. The first-order valence-corrected chi connectivity index (χ1v) is 14.1. The molecule has 0 radical (unpaired) electrons. The molecule has 3 saturated heterocycles. The lowest BCUT2D eigenvalue weighted by Crippen LogP contribution is -2.42. The highest BCUT2D eigenvalue weighted by Crippen LogP contribution is 2.58. The number of nitrogen functional groups attached to an aromatic ring is 1. The molecule has 214 valence electrons. The van der Waals surface area contributed by atoms with Gasteiger partial charge in [-0.05, 0) is 26.0 Å². The van der Waals surface area contributed by atoms with Crippen molar-refractivity contribution < 1.29 is 46.3 Å². The summed E-state index contributed by atoms with van der Waals surface area (Å²) in [5.74, 6) is -0.490. The molecule has 17 heteroatoms. The van der Waals surface area contributed by atoms with Gasteiger partial charge in [0.1, 0.15) is 11.9 Å². The van der Waals surface area contributed by atoms with Crippen LogP contribution >= 0.6 is 19.4 Å². The van der Waals surface area contributed by atoms with Crippen molar-refractivity contribution in [2.24, 2.45) is 0 Å². The van der Waals surface area contributed by atoms with Crippen LogP contribution in [0.2, 0.25) is 5.02 Å². The maximum absolute atomic E-state index is 14.5. The maximum Gasteiger partial charge on any atom is 0.509 e. The number of hydrogen-bond donors (Lipinski definition) is 1. The zero-order valence-corrected chi connectivity index (χ0v) is 22.8. The molecule has 14 nitrogen and oxygen atoms in total. The van der Waals surface area contributed by atoms with Crippen molar-refractivity contribution >= 4 is 42.7 Å². The Morgan fingerprint density at radius 2 is 2.17 bits per heavy atom. The fraction of sp³-hybridized carbons (Fsp3) is 0.478. The molecular formula is C23H24ClFN5O9P. The third kappa shape index (κ3) is 4.66. The second-order valence-electron chi connectivity index (χ2n) is 9.37. The monoisotopic (exact) mass is 599 g/mol. The average molecular weight is 600 g/mol. The van der Waals surface area contributed by atoms with E-state index in [1.54, 1.807) is 13.8 Å². The first-order chi connectivity index (χ1) is 19.1. The minimum atomic E-state index is -4.17. The molecule has 2 N–H and O–H groups in total. The summed E-state index contributed by atoms with van der Waals surface area (Å²) in [5.41, 5.74) is 5.28. The van der Waals surface area contributed by atoms with E-state index in [2.05, 4.69) is 15.0 Å². The fourth-order valence-electron chi connectivity index (χ4n) is 4.99. The van der Waals surface area contributed by atoms with E-state index in [4.69, 9.17) is 49.9 Å². The van der Waals surface area contributed by atoms with Crippen LogP contribution in [-0.2, 0) is 32.3 Å². The minimum Gasteiger partial charge on any atom is -0.476 e. The summed E-state index contributed by atoms with van der Waals surface area (Å²) in [6.45, 7) is 3.32. The number of fused-ring (bicyclic) bond motifs is 2. The van der Waals surface area contributed by atoms with Gasteiger partial charge in [-0.3, -0.25) is 18.1 Å². The molecule has 3 aliphatic heterocycles. The highest BCUT2D eigenvalue weighted by Gasteiger charge is 2.64. The fourth-order valence-corrected chi connectivity index (χ4v) is 6.54. The van der Waals surface area contributed by atoms with Gasteiger partial charge in [-0.2, -0.15) is 9.97 Å². The van der Waals surface area contributed by atoms with Crippen molar-refractivity contribution in [3.8, 4) is 5.88 Å². The van der Waals surface area contributed by atoms with Gasteiger partial charge in [0, 0.05) is 17.0 Å². The van der Waals surface area contributed by atoms with Crippen LogP contribution in [0, 0.1) is 5.82 Å². The molecule has 5 heterocycles. The van der Waals surface area contributed by atoms with Crippen molar-refractivity contribution in [3.05, 3.63) is 40.9 Å². The molecule has 2 aromatic heterocycles. The maximum atomic E-state index is 14.5. The number of hydrogen-bond acceptors (Lipinski definition) is 13. The van der Waals surface area contributed by atoms with Crippen molar-refractivity contribution in [1.29, 1.82) is 0 Å². The van der Waals surface area contributed by atoms with Gasteiger partial charge < -0.3 is 24.7 Å². The number of aromatic nitrogens is 4. The largest absolute Gasteiger partial charge is 0.509 e. The lowest BCUT2D eigenvalue weighted by atomic mass is 9.96. The summed E-state index contributed by atoms with van der Waals surface area (Å²) in [7, 11) is -4.17. The third-order valence-electron chi connectivity index (χ3n) is 6.76. The molecular weight excluding hydrogens is 576 g/mol. The minimum absolute atomic E-state index is 0.0122. The van der Waals surface area contributed by atoms with Crippen LogP contribution in [0.4, 0.5) is 15.1 Å². The third-order valence-corrected chi connectivity index (χ3v) is 8.47. The molecule has 3 aliphatic rings. The van der Waals surface area contributed by atoms with Crippen LogP contribution in [-0.4, -0.2) is 63.3 Å². The van der Waals surface area contributed by atoms with Crippen LogP contribution in [0.25, 0.3) is 11.2 Å². The molecule has 40 heavy (non-hydrogen) atoms. The van der Waals surface area contributed by atoms with Crippen molar-refractivity contribution in [2.45, 2.75) is 50.4 Å². The number of carbonyl (C=O) groups excluding carboxylic acids is 1. The molecule has 0 amide bonds. The van der Waals surface area contributed by atoms with Crippen LogP contribution < -0.4 is 10.5 Å². The summed E-state index contributed by atoms with van der Waals surface area (Å²) < 4.78 is 68.5. The Hall–Kier alpha value is -3.07. The summed E-state index contributed by atoms with van der Waals surface area (Å²) in [6, 6.07) is 4.09. The average Bonchev–Trinajstić information content (AvgIpc) is 3.52. The number of nitrogens with zero attached hydrogens (tertiary/aromatic N) is 4. The van der Waals surface area contributed by atoms with Gasteiger partial charge in [-0.15, -0.1) is 0 Å². The molecule has 3 fully saturated rings. The Morgan fingerprint density at radius 3 is 2.95 bits per heavy atom.